The first-order valence-corrected chi connectivity index (χ1v) is 6.88. The van der Waals surface area contributed by atoms with Gasteiger partial charge in [-0.15, -0.1) is 0 Å². The Bertz CT molecular complexity index is 640. The van der Waals surface area contributed by atoms with E-state index in [4.69, 9.17) is 4.74 Å². The predicted molar refractivity (Wildman–Crippen MR) is 75.3 cm³/mol. The Morgan fingerprint density at radius 1 is 1.43 bits per heavy atom. The molecule has 2 rings (SSSR count). The number of carbonyl (C=O) groups is 1. The summed E-state index contributed by atoms with van der Waals surface area (Å²) in [5, 5.41) is 4.24. The summed E-state index contributed by atoms with van der Waals surface area (Å²) in [4.78, 5) is 16.6. The minimum Gasteiger partial charge on any atom is -0.465 e. The molecule has 1 heterocycles. The van der Waals surface area contributed by atoms with Gasteiger partial charge in [0.15, 0.2) is 5.82 Å². The van der Waals surface area contributed by atoms with Gasteiger partial charge in [-0.1, -0.05) is 19.1 Å². The molecular formula is C15H18FN3O2. The summed E-state index contributed by atoms with van der Waals surface area (Å²) in [6.07, 6.45) is 0.659. The van der Waals surface area contributed by atoms with Gasteiger partial charge >= 0.3 is 5.97 Å². The Hall–Kier alpha value is -2.24. The maximum Gasteiger partial charge on any atom is 0.321 e. The molecule has 0 radical (unpaired) electrons. The van der Waals surface area contributed by atoms with Crippen LogP contribution in [0.2, 0.25) is 0 Å². The Morgan fingerprint density at radius 3 is 2.76 bits per heavy atom. The van der Waals surface area contributed by atoms with E-state index in [-0.39, 0.29) is 6.61 Å². The molecule has 0 saturated carbocycles. The lowest BCUT2D eigenvalue weighted by atomic mass is 9.98. The summed E-state index contributed by atoms with van der Waals surface area (Å²) in [7, 11) is 1.72. The summed E-state index contributed by atoms with van der Waals surface area (Å²) in [5.41, 5.74) is 0.506. The molecule has 6 heteroatoms. The second-order valence-electron chi connectivity index (χ2n) is 4.60. The maximum absolute atomic E-state index is 13.5. The Kier molecular flexibility index (Phi) is 4.67. The first-order valence-electron chi connectivity index (χ1n) is 6.88. The number of aryl methyl sites for hydroxylation is 2. The third-order valence-corrected chi connectivity index (χ3v) is 3.12. The summed E-state index contributed by atoms with van der Waals surface area (Å²) in [6, 6.07) is 5.90. The average molecular weight is 291 g/mol. The molecule has 0 bridgehead atoms. The summed E-state index contributed by atoms with van der Waals surface area (Å²) in [5.74, 6) is -0.548. The van der Waals surface area contributed by atoms with Crippen molar-refractivity contribution in [1.29, 1.82) is 0 Å². The molecule has 0 saturated heterocycles. The van der Waals surface area contributed by atoms with Crippen molar-refractivity contribution in [3.8, 4) is 0 Å². The van der Waals surface area contributed by atoms with Crippen LogP contribution in [-0.2, 0) is 23.0 Å². The molecule has 1 aromatic carbocycles. The number of ether oxygens (including phenoxy) is 1. The van der Waals surface area contributed by atoms with Gasteiger partial charge < -0.3 is 4.74 Å². The van der Waals surface area contributed by atoms with E-state index >= 15 is 0 Å². The van der Waals surface area contributed by atoms with Gasteiger partial charge in [-0.05, 0) is 24.6 Å². The van der Waals surface area contributed by atoms with Gasteiger partial charge in [0, 0.05) is 13.5 Å². The van der Waals surface area contributed by atoms with Crippen LogP contribution in [0.3, 0.4) is 0 Å². The van der Waals surface area contributed by atoms with E-state index in [1.807, 2.05) is 6.92 Å². The second kappa shape index (κ2) is 6.47. The van der Waals surface area contributed by atoms with Crippen molar-refractivity contribution < 1.29 is 13.9 Å². The number of nitrogens with zero attached hydrogens (tertiary/aromatic N) is 3. The molecule has 0 fully saturated rings. The largest absolute Gasteiger partial charge is 0.465 e. The van der Waals surface area contributed by atoms with E-state index in [0.717, 1.165) is 0 Å². The van der Waals surface area contributed by atoms with Gasteiger partial charge in [0.2, 0.25) is 0 Å². The molecule has 1 atom stereocenters. The summed E-state index contributed by atoms with van der Waals surface area (Å²) in [6.45, 7) is 3.92. The highest BCUT2D eigenvalue weighted by molar-refractivity contribution is 5.81. The molecule has 0 aliphatic rings. The van der Waals surface area contributed by atoms with Gasteiger partial charge in [-0.2, -0.15) is 5.10 Å². The lowest BCUT2D eigenvalue weighted by molar-refractivity contribution is -0.144. The van der Waals surface area contributed by atoms with Gasteiger partial charge in [0.05, 0.1) is 6.61 Å². The van der Waals surface area contributed by atoms with Gasteiger partial charge in [0.1, 0.15) is 17.6 Å². The molecule has 5 nitrogen and oxygen atoms in total. The van der Waals surface area contributed by atoms with Crippen molar-refractivity contribution in [2.75, 3.05) is 6.61 Å². The van der Waals surface area contributed by atoms with Gasteiger partial charge in [-0.3, -0.25) is 9.48 Å². The fourth-order valence-corrected chi connectivity index (χ4v) is 2.15. The first-order chi connectivity index (χ1) is 10.1. The van der Waals surface area contributed by atoms with Crippen molar-refractivity contribution in [3.05, 3.63) is 47.3 Å². The van der Waals surface area contributed by atoms with Crippen molar-refractivity contribution in [2.45, 2.75) is 26.2 Å². The number of benzene rings is 1. The van der Waals surface area contributed by atoms with Crippen molar-refractivity contribution in [2.24, 2.45) is 7.05 Å². The van der Waals surface area contributed by atoms with Crippen molar-refractivity contribution >= 4 is 5.97 Å². The second-order valence-corrected chi connectivity index (χ2v) is 4.60. The van der Waals surface area contributed by atoms with Crippen LogP contribution in [0, 0.1) is 5.82 Å². The third kappa shape index (κ3) is 3.26. The fourth-order valence-electron chi connectivity index (χ4n) is 2.15. The van der Waals surface area contributed by atoms with E-state index in [9.17, 15) is 9.18 Å². The van der Waals surface area contributed by atoms with Crippen LogP contribution in [0.15, 0.2) is 24.3 Å². The lowest BCUT2D eigenvalue weighted by Gasteiger charge is -2.15. The zero-order valence-electron chi connectivity index (χ0n) is 12.3. The van der Waals surface area contributed by atoms with Crippen LogP contribution >= 0.6 is 0 Å². The molecule has 0 N–H and O–H groups in total. The average Bonchev–Trinajstić information content (AvgIpc) is 2.81. The third-order valence-electron chi connectivity index (χ3n) is 3.12. The molecule has 0 aliphatic carbocycles. The number of hydrogen-bond acceptors (Lipinski definition) is 4. The molecule has 112 valence electrons. The number of esters is 1. The number of hydrogen-bond donors (Lipinski definition) is 0. The van der Waals surface area contributed by atoms with Crippen LogP contribution in [0.1, 0.15) is 37.0 Å². The Labute approximate surface area is 122 Å². The monoisotopic (exact) mass is 291 g/mol. The fraction of sp³-hybridized carbons (Fsp3) is 0.400. The van der Waals surface area contributed by atoms with E-state index in [1.54, 1.807) is 30.8 Å². The Morgan fingerprint density at radius 2 is 2.19 bits per heavy atom. The maximum atomic E-state index is 13.5. The van der Waals surface area contributed by atoms with Crippen LogP contribution in [0.25, 0.3) is 0 Å². The number of rotatable bonds is 5. The molecular weight excluding hydrogens is 273 g/mol. The minimum absolute atomic E-state index is 0.253. The van der Waals surface area contributed by atoms with Gasteiger partial charge in [-0.25, -0.2) is 9.37 Å². The smallest absolute Gasteiger partial charge is 0.321 e. The van der Waals surface area contributed by atoms with Crippen LogP contribution in [0.4, 0.5) is 4.39 Å². The van der Waals surface area contributed by atoms with Crippen LogP contribution < -0.4 is 0 Å². The molecule has 1 unspecified atom stereocenters. The lowest BCUT2D eigenvalue weighted by Crippen LogP contribution is -2.21. The van der Waals surface area contributed by atoms with Crippen molar-refractivity contribution in [1.82, 2.24) is 14.8 Å². The Balaban J connectivity index is 2.50. The predicted octanol–water partition coefficient (Wildman–Crippen LogP) is 2.21. The van der Waals surface area contributed by atoms with E-state index in [1.165, 1.54) is 12.1 Å². The van der Waals surface area contributed by atoms with Crippen LogP contribution in [0.5, 0.6) is 0 Å². The summed E-state index contributed by atoms with van der Waals surface area (Å²) < 4.78 is 20.1. The van der Waals surface area contributed by atoms with Crippen molar-refractivity contribution in [3.63, 3.8) is 0 Å². The highest BCUT2D eigenvalue weighted by atomic mass is 19.1. The zero-order valence-corrected chi connectivity index (χ0v) is 12.3. The minimum atomic E-state index is -0.779. The highest BCUT2D eigenvalue weighted by Gasteiger charge is 2.29. The molecule has 0 spiro atoms. The molecule has 21 heavy (non-hydrogen) atoms. The van der Waals surface area contributed by atoms with E-state index < -0.39 is 17.7 Å². The van der Waals surface area contributed by atoms with E-state index in [2.05, 4.69) is 10.1 Å². The standard InChI is InChI=1S/C15H18FN3O2/c1-4-12-17-14(19(3)18-12)13(15(20)21-5-2)10-7-6-8-11(16)9-10/h6-9,13H,4-5H2,1-3H3. The number of carbonyl (C=O) groups excluding carboxylic acids is 1. The quantitative estimate of drug-likeness (QED) is 0.793. The highest BCUT2D eigenvalue weighted by Crippen LogP contribution is 2.25. The zero-order chi connectivity index (χ0) is 15.4. The molecule has 1 aromatic heterocycles. The first kappa shape index (κ1) is 15.2. The SMILES string of the molecule is CCOC(=O)C(c1cccc(F)c1)c1nc(CC)nn1C. The molecule has 0 aliphatic heterocycles. The topological polar surface area (TPSA) is 57.0 Å². The van der Waals surface area contributed by atoms with Gasteiger partial charge in [0.25, 0.3) is 0 Å². The van der Waals surface area contributed by atoms with Crippen LogP contribution in [-0.4, -0.2) is 27.3 Å². The molecule has 0 amide bonds. The molecule has 2 aromatic rings. The normalized spacial score (nSPS) is 12.2. The number of halogens is 1. The summed E-state index contributed by atoms with van der Waals surface area (Å²) >= 11 is 0. The van der Waals surface area contributed by atoms with E-state index in [0.29, 0.717) is 23.6 Å². The number of aromatic nitrogens is 3.